The minimum atomic E-state index is -4.24. The van der Waals surface area contributed by atoms with Crippen LogP contribution in [0.25, 0.3) is 21.1 Å². The average molecular weight is 527 g/mol. The van der Waals surface area contributed by atoms with Crippen LogP contribution in [0.15, 0.2) is 36.7 Å². The van der Waals surface area contributed by atoms with E-state index in [0.29, 0.717) is 21.7 Å². The van der Waals surface area contributed by atoms with E-state index in [0.717, 1.165) is 74.1 Å². The fourth-order valence-corrected chi connectivity index (χ4v) is 6.09. The summed E-state index contributed by atoms with van der Waals surface area (Å²) in [6, 6.07) is 12.6. The predicted octanol–water partition coefficient (Wildman–Crippen LogP) is 6.50. The number of thiophene rings is 1. The van der Waals surface area contributed by atoms with Gasteiger partial charge in [0.15, 0.2) is 0 Å². The zero-order valence-electron chi connectivity index (χ0n) is 20.7. The van der Waals surface area contributed by atoms with Gasteiger partial charge >= 0.3 is 6.18 Å². The topological polar surface area (TPSA) is 69.8 Å². The molecular weight excluding hydrogens is 497 g/mol. The first kappa shape index (κ1) is 25.5. The number of piperidine rings is 1. The van der Waals surface area contributed by atoms with Gasteiger partial charge in [-0.05, 0) is 49.1 Å². The molecule has 0 aliphatic carbocycles. The first-order chi connectivity index (χ1) is 17.8. The molecule has 6 nitrogen and oxygen atoms in total. The van der Waals surface area contributed by atoms with Gasteiger partial charge in [-0.3, -0.25) is 4.90 Å². The maximum Gasteiger partial charge on any atom is 0.393 e. The van der Waals surface area contributed by atoms with Crippen molar-refractivity contribution in [3.8, 4) is 6.07 Å². The number of hydrogen-bond donors (Lipinski definition) is 1. The van der Waals surface area contributed by atoms with Crippen LogP contribution in [0.2, 0.25) is 0 Å². The summed E-state index contributed by atoms with van der Waals surface area (Å²) in [7, 11) is 0. The fraction of sp³-hybridized carbons (Fsp3) is 0.444. The number of fused-ring (bicyclic) bond motifs is 2. The third kappa shape index (κ3) is 5.89. The number of benzene rings is 1. The highest BCUT2D eigenvalue weighted by Crippen LogP contribution is 2.33. The number of unbranched alkanes of at least 4 members (excludes halogenated alkanes) is 1. The smallest absolute Gasteiger partial charge is 0.367 e. The molecule has 4 heterocycles. The molecule has 10 heteroatoms. The largest absolute Gasteiger partial charge is 0.393 e. The molecule has 0 radical (unpaired) electrons. The average Bonchev–Trinajstić information content (AvgIpc) is 3.43. The molecule has 0 saturated carbocycles. The summed E-state index contributed by atoms with van der Waals surface area (Å²) >= 11 is 1.07. The van der Waals surface area contributed by atoms with Crippen LogP contribution in [0.4, 0.5) is 19.0 Å². The molecule has 1 aliphatic heterocycles. The first-order valence-electron chi connectivity index (χ1n) is 12.6. The number of halogens is 3. The van der Waals surface area contributed by atoms with Crippen LogP contribution in [0.3, 0.4) is 0 Å². The van der Waals surface area contributed by atoms with Gasteiger partial charge in [-0.1, -0.05) is 19.4 Å². The summed E-state index contributed by atoms with van der Waals surface area (Å²) in [5, 5.41) is 14.8. The Bertz CT molecular complexity index is 1430. The molecule has 0 amide bonds. The van der Waals surface area contributed by atoms with Crippen molar-refractivity contribution in [3.05, 3.63) is 52.8 Å². The Morgan fingerprint density at radius 1 is 1.16 bits per heavy atom. The summed E-state index contributed by atoms with van der Waals surface area (Å²) in [4.78, 5) is 11.7. The Morgan fingerprint density at radius 3 is 2.70 bits per heavy atom. The number of nitrogens with zero attached hydrogens (tertiary/aromatic N) is 5. The lowest BCUT2D eigenvalue weighted by Gasteiger charge is -2.32. The van der Waals surface area contributed by atoms with Gasteiger partial charge in [0.05, 0.1) is 11.8 Å². The molecule has 0 atom stereocenters. The highest BCUT2D eigenvalue weighted by molar-refractivity contribution is 7.18. The number of aryl methyl sites for hydroxylation is 1. The SMILES string of the molecule is CCCCn1c(C#N)cc2cc(CN3CCC(Nc4ncnc5sc(CC(F)(F)F)cc45)CC3)ccc21. The highest BCUT2D eigenvalue weighted by atomic mass is 32.1. The standard InChI is InChI=1S/C27H29F3N6S/c1-2-3-8-36-21(15-31)12-19-11-18(4-5-24(19)36)16-35-9-6-20(7-10-35)34-25-23-13-22(14-27(28,29)30)37-26(23)33-17-32-25/h4-5,11-13,17,20H,2-3,6-10,14,16H2,1H3,(H,32,33,34). The first-order valence-corrected chi connectivity index (χ1v) is 13.5. The van der Waals surface area contributed by atoms with Crippen LogP contribution in [0.1, 0.15) is 48.7 Å². The highest BCUT2D eigenvalue weighted by Gasteiger charge is 2.29. The Kier molecular flexibility index (Phi) is 7.36. The molecule has 37 heavy (non-hydrogen) atoms. The second-order valence-corrected chi connectivity index (χ2v) is 10.8. The van der Waals surface area contributed by atoms with Crippen LogP contribution < -0.4 is 5.32 Å². The minimum Gasteiger partial charge on any atom is -0.367 e. The van der Waals surface area contributed by atoms with Crippen LogP contribution in [-0.4, -0.2) is 44.7 Å². The van der Waals surface area contributed by atoms with Crippen LogP contribution in [0.5, 0.6) is 0 Å². The number of hydrogen-bond acceptors (Lipinski definition) is 6. The van der Waals surface area contributed by atoms with Gasteiger partial charge in [0.1, 0.15) is 28.7 Å². The second-order valence-electron chi connectivity index (χ2n) is 9.68. The van der Waals surface area contributed by atoms with Gasteiger partial charge in [0.25, 0.3) is 0 Å². The lowest BCUT2D eigenvalue weighted by atomic mass is 10.0. The minimum absolute atomic E-state index is 0.202. The van der Waals surface area contributed by atoms with Gasteiger partial charge in [-0.2, -0.15) is 18.4 Å². The van der Waals surface area contributed by atoms with Crippen LogP contribution in [-0.2, 0) is 19.5 Å². The van der Waals surface area contributed by atoms with Gasteiger partial charge < -0.3 is 9.88 Å². The van der Waals surface area contributed by atoms with Gasteiger partial charge in [-0.25, -0.2) is 9.97 Å². The van der Waals surface area contributed by atoms with Crippen molar-refractivity contribution in [2.24, 2.45) is 0 Å². The number of alkyl halides is 3. The lowest BCUT2D eigenvalue weighted by molar-refractivity contribution is -0.126. The van der Waals surface area contributed by atoms with Crippen LogP contribution >= 0.6 is 11.3 Å². The van der Waals surface area contributed by atoms with Crippen molar-refractivity contribution in [2.45, 2.75) is 64.3 Å². The summed E-state index contributed by atoms with van der Waals surface area (Å²) in [5.41, 5.74) is 3.05. The van der Waals surface area contributed by atoms with E-state index in [4.69, 9.17) is 0 Å². The fourth-order valence-electron chi connectivity index (χ4n) is 5.06. The van der Waals surface area contributed by atoms with E-state index < -0.39 is 12.6 Å². The third-order valence-electron chi connectivity index (χ3n) is 6.91. The number of likely N-dealkylation sites (tertiary alicyclic amines) is 1. The molecule has 194 valence electrons. The van der Waals surface area contributed by atoms with E-state index in [1.54, 1.807) is 6.07 Å². The van der Waals surface area contributed by atoms with Crippen molar-refractivity contribution in [3.63, 3.8) is 0 Å². The molecule has 0 spiro atoms. The second kappa shape index (κ2) is 10.7. The molecular formula is C27H29F3N6S. The summed E-state index contributed by atoms with van der Waals surface area (Å²) < 4.78 is 40.6. The van der Waals surface area contributed by atoms with Crippen molar-refractivity contribution >= 4 is 38.3 Å². The van der Waals surface area contributed by atoms with Crippen LogP contribution in [0, 0.1) is 11.3 Å². The summed E-state index contributed by atoms with van der Waals surface area (Å²) in [5.74, 6) is 0.611. The van der Waals surface area contributed by atoms with Gasteiger partial charge in [0.2, 0.25) is 0 Å². The lowest BCUT2D eigenvalue weighted by Crippen LogP contribution is -2.38. The maximum absolute atomic E-state index is 12.8. The Morgan fingerprint density at radius 2 is 1.97 bits per heavy atom. The molecule has 0 bridgehead atoms. The monoisotopic (exact) mass is 526 g/mol. The van der Waals surface area contributed by atoms with Gasteiger partial charge in [-0.15, -0.1) is 11.3 Å². The quantitative estimate of drug-likeness (QED) is 0.284. The number of nitrogens with one attached hydrogen (secondary N) is 1. The third-order valence-corrected chi connectivity index (χ3v) is 7.95. The van der Waals surface area contributed by atoms with Crippen molar-refractivity contribution < 1.29 is 13.2 Å². The Labute approximate surface area is 217 Å². The number of rotatable bonds is 8. The van der Waals surface area contributed by atoms with E-state index in [-0.39, 0.29) is 10.9 Å². The summed E-state index contributed by atoms with van der Waals surface area (Å²) in [6.07, 6.45) is 0.192. The molecule has 1 aliphatic rings. The Balaban J connectivity index is 1.21. The predicted molar refractivity (Wildman–Crippen MR) is 141 cm³/mol. The Hall–Kier alpha value is -3.16. The number of anilines is 1. The molecule has 4 aromatic rings. The number of nitriles is 1. The normalized spacial score (nSPS) is 15.4. The maximum atomic E-state index is 12.8. The number of aromatic nitrogens is 3. The molecule has 1 N–H and O–H groups in total. The molecule has 5 rings (SSSR count). The van der Waals surface area contributed by atoms with Crippen molar-refractivity contribution in [1.29, 1.82) is 5.26 Å². The molecule has 3 aromatic heterocycles. The van der Waals surface area contributed by atoms with E-state index in [1.807, 2.05) is 6.07 Å². The van der Waals surface area contributed by atoms with Gasteiger partial charge in [0, 0.05) is 48.0 Å². The molecule has 1 fully saturated rings. The molecule has 1 saturated heterocycles. The van der Waals surface area contributed by atoms with E-state index in [1.165, 1.54) is 11.9 Å². The zero-order chi connectivity index (χ0) is 26.0. The van der Waals surface area contributed by atoms with Crippen molar-refractivity contribution in [2.75, 3.05) is 18.4 Å². The van der Waals surface area contributed by atoms with E-state index >= 15 is 0 Å². The molecule has 1 aromatic carbocycles. The van der Waals surface area contributed by atoms with E-state index in [2.05, 4.69) is 55.9 Å². The summed E-state index contributed by atoms with van der Waals surface area (Å²) in [6.45, 7) is 5.67. The molecule has 0 unspecified atom stereocenters. The van der Waals surface area contributed by atoms with Crippen molar-refractivity contribution in [1.82, 2.24) is 19.4 Å². The van der Waals surface area contributed by atoms with E-state index in [9.17, 15) is 18.4 Å². The zero-order valence-corrected chi connectivity index (χ0v) is 21.5.